The Bertz CT molecular complexity index is 507. The summed E-state index contributed by atoms with van der Waals surface area (Å²) in [7, 11) is 1.92. The van der Waals surface area contributed by atoms with Gasteiger partial charge in [0.2, 0.25) is 11.9 Å². The van der Waals surface area contributed by atoms with E-state index in [1.807, 2.05) is 23.8 Å². The molecule has 1 rings (SSSR count). The number of anilines is 2. The molecule has 0 aliphatic carbocycles. The van der Waals surface area contributed by atoms with E-state index >= 15 is 0 Å². The number of nitrogens with zero attached hydrogens (tertiary/aromatic N) is 5. The average molecular weight is 398 g/mol. The van der Waals surface area contributed by atoms with Gasteiger partial charge in [0.1, 0.15) is 26.0 Å². The Kier molecular flexibility index (Phi) is 13.5. The molecule has 0 aliphatic rings. The minimum Gasteiger partial charge on any atom is -0.361 e. The largest absolute Gasteiger partial charge is 0.361 e. The van der Waals surface area contributed by atoms with Crippen LogP contribution in [0, 0.1) is 6.92 Å². The van der Waals surface area contributed by atoms with E-state index in [0.717, 1.165) is 45.1 Å². The predicted octanol–water partition coefficient (Wildman–Crippen LogP) is 3.75. The number of hydrogen-bond donors (Lipinski definition) is 0. The van der Waals surface area contributed by atoms with E-state index in [1.165, 1.54) is 0 Å². The first-order valence-electron chi connectivity index (χ1n) is 10.5. The molecule has 0 N–H and O–H groups in total. The highest BCUT2D eigenvalue weighted by Gasteiger charge is 2.15. The molecule has 0 atom stereocenters. The molecule has 0 saturated carbocycles. The van der Waals surface area contributed by atoms with Crippen molar-refractivity contribution in [1.82, 2.24) is 15.0 Å². The molecule has 1 heterocycles. The molecule has 0 fully saturated rings. The highest BCUT2D eigenvalue weighted by Crippen LogP contribution is 2.14. The summed E-state index contributed by atoms with van der Waals surface area (Å²) in [6.45, 7) is 11.7. The lowest BCUT2D eigenvalue weighted by Crippen LogP contribution is -2.32. The topological polar surface area (TPSA) is 72.8 Å². The molecular weight excluding hydrogens is 358 g/mol. The van der Waals surface area contributed by atoms with Gasteiger partial charge >= 0.3 is 0 Å². The Morgan fingerprint density at radius 3 is 1.64 bits per heavy atom. The summed E-state index contributed by atoms with van der Waals surface area (Å²) in [5.74, 6) is 1.81. The lowest BCUT2D eigenvalue weighted by atomic mass is 10.4. The Morgan fingerprint density at radius 2 is 1.14 bits per heavy atom. The zero-order valence-corrected chi connectivity index (χ0v) is 18.4. The average Bonchev–Trinajstić information content (AvgIpc) is 2.69. The van der Waals surface area contributed by atoms with E-state index in [0.29, 0.717) is 51.1 Å². The summed E-state index contributed by atoms with van der Waals surface area (Å²) < 4.78 is 17.3. The highest BCUT2D eigenvalue weighted by atomic mass is 16.5. The van der Waals surface area contributed by atoms with E-state index in [4.69, 9.17) is 14.2 Å². The van der Waals surface area contributed by atoms with Crippen LogP contribution in [0.1, 0.15) is 65.1 Å². The molecule has 0 saturated heterocycles. The van der Waals surface area contributed by atoms with Gasteiger partial charge in [-0.1, -0.05) is 40.0 Å². The molecule has 162 valence electrons. The Labute approximate surface area is 170 Å². The second kappa shape index (κ2) is 15.4. The maximum atomic E-state index is 5.79. The van der Waals surface area contributed by atoms with Crippen molar-refractivity contribution < 1.29 is 14.2 Å². The van der Waals surface area contributed by atoms with Crippen LogP contribution in [-0.4, -0.2) is 62.0 Å². The molecular formula is C20H39N5O3. The summed E-state index contributed by atoms with van der Waals surface area (Å²) in [4.78, 5) is 17.4. The zero-order chi connectivity index (χ0) is 20.6. The maximum Gasteiger partial charge on any atom is 0.234 e. The number of aryl methyl sites for hydroxylation is 1. The van der Waals surface area contributed by atoms with Crippen LogP contribution in [0.5, 0.6) is 0 Å². The quantitative estimate of drug-likeness (QED) is 0.291. The summed E-state index contributed by atoms with van der Waals surface area (Å²) >= 11 is 0. The van der Waals surface area contributed by atoms with Crippen LogP contribution in [0.4, 0.5) is 11.9 Å². The van der Waals surface area contributed by atoms with Crippen LogP contribution in [0.25, 0.3) is 0 Å². The molecule has 1 aromatic rings. The van der Waals surface area contributed by atoms with E-state index in [1.54, 1.807) is 0 Å². The fourth-order valence-electron chi connectivity index (χ4n) is 2.27. The molecule has 8 nitrogen and oxygen atoms in total. The van der Waals surface area contributed by atoms with Crippen molar-refractivity contribution in [2.45, 2.75) is 66.2 Å². The van der Waals surface area contributed by atoms with E-state index in [2.05, 4.69) is 35.7 Å². The summed E-state index contributed by atoms with van der Waals surface area (Å²) in [5, 5.41) is 0. The number of unbranched alkanes of at least 4 members (excludes halogenated alkanes) is 3. The Hall–Kier alpha value is -1.51. The van der Waals surface area contributed by atoms with Gasteiger partial charge in [-0.3, -0.25) is 4.90 Å². The lowest BCUT2D eigenvalue weighted by molar-refractivity contribution is 0.0811. The minimum atomic E-state index is 0.395. The first kappa shape index (κ1) is 24.5. The predicted molar refractivity (Wildman–Crippen MR) is 113 cm³/mol. The van der Waals surface area contributed by atoms with Crippen molar-refractivity contribution in [1.29, 1.82) is 0 Å². The Balaban J connectivity index is 2.77. The molecule has 0 radical (unpaired) electrons. The summed E-state index contributed by atoms with van der Waals surface area (Å²) in [6.07, 6.45) is 6.43. The van der Waals surface area contributed by atoms with Crippen molar-refractivity contribution in [2.75, 3.05) is 56.9 Å². The molecule has 0 bridgehead atoms. The molecule has 0 amide bonds. The number of hydrogen-bond acceptors (Lipinski definition) is 8. The minimum absolute atomic E-state index is 0.395. The molecule has 0 unspecified atom stereocenters. The van der Waals surface area contributed by atoms with Crippen LogP contribution < -0.4 is 9.80 Å². The smallest absolute Gasteiger partial charge is 0.234 e. The van der Waals surface area contributed by atoms with Crippen LogP contribution in [0.3, 0.4) is 0 Å². The second-order valence-corrected chi connectivity index (χ2v) is 6.89. The Morgan fingerprint density at radius 1 is 0.679 bits per heavy atom. The molecule has 28 heavy (non-hydrogen) atoms. The standard InChI is InChI=1S/C20H39N5O3/c1-6-9-12-26-15-24(5)19-21-18(4)22-20(23-19)25(16-27-13-10-7-2)17-28-14-11-8-3/h6-17H2,1-5H3. The number of aromatic nitrogens is 3. The zero-order valence-electron chi connectivity index (χ0n) is 18.4. The van der Waals surface area contributed by atoms with Crippen LogP contribution in [0.15, 0.2) is 0 Å². The third-order valence-corrected chi connectivity index (χ3v) is 4.05. The summed E-state index contributed by atoms with van der Waals surface area (Å²) in [5.41, 5.74) is 0. The van der Waals surface area contributed by atoms with Gasteiger partial charge in [-0.25, -0.2) is 0 Å². The van der Waals surface area contributed by atoms with E-state index in [9.17, 15) is 0 Å². The van der Waals surface area contributed by atoms with Gasteiger partial charge in [-0.05, 0) is 26.2 Å². The fourth-order valence-corrected chi connectivity index (χ4v) is 2.27. The fraction of sp³-hybridized carbons (Fsp3) is 0.850. The molecule has 0 spiro atoms. The normalized spacial score (nSPS) is 11.0. The molecule has 0 aromatic carbocycles. The lowest BCUT2D eigenvalue weighted by Gasteiger charge is -2.24. The van der Waals surface area contributed by atoms with Gasteiger partial charge in [0.25, 0.3) is 0 Å². The van der Waals surface area contributed by atoms with Gasteiger partial charge in [0, 0.05) is 26.9 Å². The van der Waals surface area contributed by atoms with Crippen molar-refractivity contribution in [3.63, 3.8) is 0 Å². The second-order valence-electron chi connectivity index (χ2n) is 6.89. The van der Waals surface area contributed by atoms with Gasteiger partial charge in [-0.2, -0.15) is 15.0 Å². The van der Waals surface area contributed by atoms with Crippen LogP contribution >= 0.6 is 0 Å². The van der Waals surface area contributed by atoms with Gasteiger partial charge in [-0.15, -0.1) is 0 Å². The molecule has 8 heteroatoms. The van der Waals surface area contributed by atoms with Gasteiger partial charge < -0.3 is 19.1 Å². The molecule has 1 aromatic heterocycles. The summed E-state index contributed by atoms with van der Waals surface area (Å²) in [6, 6.07) is 0. The van der Waals surface area contributed by atoms with Crippen molar-refractivity contribution in [2.24, 2.45) is 0 Å². The SMILES string of the molecule is CCCCOCN(C)c1nc(C)nc(N(COCCCC)COCCCC)n1. The van der Waals surface area contributed by atoms with Crippen molar-refractivity contribution in [3.05, 3.63) is 5.82 Å². The first-order valence-corrected chi connectivity index (χ1v) is 10.5. The number of rotatable bonds is 17. The van der Waals surface area contributed by atoms with Crippen molar-refractivity contribution >= 4 is 11.9 Å². The van der Waals surface area contributed by atoms with Crippen LogP contribution in [0.2, 0.25) is 0 Å². The third kappa shape index (κ3) is 10.1. The molecule has 0 aliphatic heterocycles. The van der Waals surface area contributed by atoms with Gasteiger partial charge in [0.15, 0.2) is 0 Å². The van der Waals surface area contributed by atoms with Crippen LogP contribution in [-0.2, 0) is 14.2 Å². The van der Waals surface area contributed by atoms with E-state index < -0.39 is 0 Å². The highest BCUT2D eigenvalue weighted by molar-refractivity contribution is 5.37. The maximum absolute atomic E-state index is 5.79. The van der Waals surface area contributed by atoms with E-state index in [-0.39, 0.29) is 0 Å². The third-order valence-electron chi connectivity index (χ3n) is 4.05. The van der Waals surface area contributed by atoms with Gasteiger partial charge in [0.05, 0.1) is 0 Å². The van der Waals surface area contributed by atoms with Crippen molar-refractivity contribution in [3.8, 4) is 0 Å². The first-order chi connectivity index (χ1) is 13.6. The monoisotopic (exact) mass is 397 g/mol. The number of ether oxygens (including phenoxy) is 3.